The van der Waals surface area contributed by atoms with Gasteiger partial charge in [-0.2, -0.15) is 4.31 Å². The monoisotopic (exact) mass is 476 g/mol. The molecule has 4 rings (SSSR count). The lowest BCUT2D eigenvalue weighted by molar-refractivity contribution is -0.384. The van der Waals surface area contributed by atoms with Gasteiger partial charge in [-0.3, -0.25) is 10.1 Å². The fourth-order valence-electron chi connectivity index (χ4n) is 4.25. The number of hydrogen-bond donors (Lipinski definition) is 0. The van der Waals surface area contributed by atoms with Gasteiger partial charge >= 0.3 is 0 Å². The van der Waals surface area contributed by atoms with E-state index in [-0.39, 0.29) is 29.8 Å². The van der Waals surface area contributed by atoms with E-state index in [1.165, 1.54) is 16.4 Å². The summed E-state index contributed by atoms with van der Waals surface area (Å²) in [6, 6.07) is 11.9. The van der Waals surface area contributed by atoms with Gasteiger partial charge in [-0.1, -0.05) is 12.1 Å². The molecule has 10 nitrogen and oxygen atoms in total. The number of fused-ring (bicyclic) bond motifs is 1. The summed E-state index contributed by atoms with van der Waals surface area (Å²) in [7, 11) is -2.08. The lowest BCUT2D eigenvalue weighted by atomic mass is 10.1. The van der Waals surface area contributed by atoms with Crippen LogP contribution in [0.3, 0.4) is 0 Å². The summed E-state index contributed by atoms with van der Waals surface area (Å²) in [4.78, 5) is 15.2. The van der Waals surface area contributed by atoms with Gasteiger partial charge in [0, 0.05) is 32.7 Å². The summed E-state index contributed by atoms with van der Waals surface area (Å²) < 4.78 is 38.6. The quantitative estimate of drug-likeness (QED) is 0.443. The molecular formula is C22H28N4O6S. The van der Waals surface area contributed by atoms with Crippen molar-refractivity contribution >= 4 is 27.1 Å². The van der Waals surface area contributed by atoms with Crippen LogP contribution in [0.4, 0.5) is 17.1 Å². The van der Waals surface area contributed by atoms with E-state index in [2.05, 4.69) is 11.8 Å². The van der Waals surface area contributed by atoms with Crippen LogP contribution in [0.25, 0.3) is 0 Å². The molecule has 2 heterocycles. The van der Waals surface area contributed by atoms with Gasteiger partial charge in [0.1, 0.15) is 17.5 Å². The minimum atomic E-state index is -3.83. The van der Waals surface area contributed by atoms with Crippen LogP contribution in [0.15, 0.2) is 47.4 Å². The number of rotatable bonds is 7. The molecule has 2 aromatic rings. The molecule has 0 aromatic heterocycles. The molecule has 0 saturated carbocycles. The van der Waals surface area contributed by atoms with Crippen LogP contribution in [-0.2, 0) is 14.8 Å². The van der Waals surface area contributed by atoms with Gasteiger partial charge < -0.3 is 19.3 Å². The summed E-state index contributed by atoms with van der Waals surface area (Å²) in [6.45, 7) is 5.01. The maximum absolute atomic E-state index is 13.0. The molecule has 0 spiro atoms. The van der Waals surface area contributed by atoms with E-state index in [1.54, 1.807) is 11.9 Å². The van der Waals surface area contributed by atoms with E-state index < -0.39 is 14.9 Å². The molecule has 0 radical (unpaired) electrons. The number of likely N-dealkylation sites (N-methyl/N-ethyl adjacent to an activating group) is 2. The Morgan fingerprint density at radius 1 is 1.18 bits per heavy atom. The predicted molar refractivity (Wildman–Crippen MR) is 125 cm³/mol. The first-order valence-corrected chi connectivity index (χ1v) is 12.3. The van der Waals surface area contributed by atoms with Gasteiger partial charge in [0.2, 0.25) is 10.0 Å². The average Bonchev–Trinajstić information content (AvgIpc) is 2.83. The van der Waals surface area contributed by atoms with Gasteiger partial charge in [0.15, 0.2) is 0 Å². The van der Waals surface area contributed by atoms with Gasteiger partial charge in [0.05, 0.1) is 41.8 Å². The van der Waals surface area contributed by atoms with E-state index in [0.29, 0.717) is 32.0 Å². The van der Waals surface area contributed by atoms with Crippen LogP contribution in [0.1, 0.15) is 6.92 Å². The van der Waals surface area contributed by atoms with Crippen LogP contribution in [0.5, 0.6) is 5.75 Å². The average molecular weight is 477 g/mol. The fraction of sp³-hybridized carbons (Fsp3) is 0.455. The van der Waals surface area contributed by atoms with Crippen molar-refractivity contribution in [3.05, 3.63) is 52.6 Å². The Bertz CT molecular complexity index is 1120. The number of nitro groups is 1. The molecule has 0 bridgehead atoms. The van der Waals surface area contributed by atoms with Crippen LogP contribution in [0.2, 0.25) is 0 Å². The molecule has 0 N–H and O–H groups in total. The Labute approximate surface area is 193 Å². The van der Waals surface area contributed by atoms with E-state index in [1.807, 2.05) is 24.3 Å². The van der Waals surface area contributed by atoms with Crippen molar-refractivity contribution in [2.75, 3.05) is 62.8 Å². The van der Waals surface area contributed by atoms with Gasteiger partial charge in [0.25, 0.3) is 5.69 Å². The Kier molecular flexibility index (Phi) is 6.73. The molecular weight excluding hydrogens is 448 g/mol. The van der Waals surface area contributed by atoms with Crippen molar-refractivity contribution in [3.63, 3.8) is 0 Å². The van der Waals surface area contributed by atoms with Crippen molar-refractivity contribution in [2.24, 2.45) is 0 Å². The summed E-state index contributed by atoms with van der Waals surface area (Å²) >= 11 is 0. The highest BCUT2D eigenvalue weighted by molar-refractivity contribution is 7.89. The number of benzene rings is 2. The first kappa shape index (κ1) is 23.3. The zero-order chi connectivity index (χ0) is 23.6. The third-order valence-corrected chi connectivity index (χ3v) is 7.84. The highest BCUT2D eigenvalue weighted by Gasteiger charge is 2.31. The summed E-state index contributed by atoms with van der Waals surface area (Å²) in [6.07, 6.45) is -0.207. The molecule has 0 aliphatic carbocycles. The molecule has 2 aliphatic heterocycles. The summed E-state index contributed by atoms with van der Waals surface area (Å²) in [5.41, 5.74) is 1.12. The molecule has 0 amide bonds. The second-order valence-electron chi connectivity index (χ2n) is 8.05. The number of anilines is 2. The zero-order valence-electron chi connectivity index (χ0n) is 18.7. The van der Waals surface area contributed by atoms with Crippen LogP contribution >= 0.6 is 0 Å². The largest absolute Gasteiger partial charge is 0.485 e. The smallest absolute Gasteiger partial charge is 0.293 e. The maximum atomic E-state index is 13.0. The summed E-state index contributed by atoms with van der Waals surface area (Å²) in [5, 5.41) is 11.8. The zero-order valence-corrected chi connectivity index (χ0v) is 19.5. The molecule has 2 aromatic carbocycles. The van der Waals surface area contributed by atoms with Gasteiger partial charge in [-0.15, -0.1) is 0 Å². The van der Waals surface area contributed by atoms with E-state index in [4.69, 9.17) is 9.47 Å². The molecule has 178 valence electrons. The molecule has 11 heteroatoms. The standard InChI is InChI=1S/C22H28N4O6S/c1-3-24-16-17(32-22-7-5-4-6-20(22)24)15-23(2)19-9-8-18(14-21(19)26(27)28)33(29,30)25-10-12-31-13-11-25/h4-9,14,17H,3,10-13,15-16H2,1-2H3/t17-/m0/s1. The second-order valence-corrected chi connectivity index (χ2v) is 9.99. The highest BCUT2D eigenvalue weighted by atomic mass is 32.2. The molecule has 2 aliphatic rings. The van der Waals surface area contributed by atoms with E-state index >= 15 is 0 Å². The topological polar surface area (TPSA) is 105 Å². The molecule has 1 saturated heterocycles. The van der Waals surface area contributed by atoms with Crippen molar-refractivity contribution in [3.8, 4) is 5.75 Å². The Morgan fingerprint density at radius 2 is 1.91 bits per heavy atom. The second kappa shape index (κ2) is 9.54. The van der Waals surface area contributed by atoms with Gasteiger partial charge in [-0.25, -0.2) is 8.42 Å². The maximum Gasteiger partial charge on any atom is 0.293 e. The molecule has 1 atom stereocenters. The number of para-hydroxylation sites is 2. The van der Waals surface area contributed by atoms with Crippen LogP contribution in [-0.4, -0.2) is 76.7 Å². The lowest BCUT2D eigenvalue weighted by Gasteiger charge is -2.37. The number of nitrogens with zero attached hydrogens (tertiary/aromatic N) is 4. The van der Waals surface area contributed by atoms with Crippen molar-refractivity contribution in [1.29, 1.82) is 0 Å². The Balaban J connectivity index is 1.56. The van der Waals surface area contributed by atoms with Crippen molar-refractivity contribution in [1.82, 2.24) is 4.31 Å². The van der Waals surface area contributed by atoms with Crippen LogP contribution < -0.4 is 14.5 Å². The molecule has 33 heavy (non-hydrogen) atoms. The number of morpholine rings is 1. The Morgan fingerprint density at radius 3 is 2.61 bits per heavy atom. The van der Waals surface area contributed by atoms with Gasteiger partial charge in [-0.05, 0) is 31.2 Å². The number of nitro benzene ring substituents is 1. The third-order valence-electron chi connectivity index (χ3n) is 5.95. The van der Waals surface area contributed by atoms with Crippen molar-refractivity contribution < 1.29 is 22.8 Å². The first-order chi connectivity index (χ1) is 15.8. The highest BCUT2D eigenvalue weighted by Crippen LogP contribution is 2.35. The lowest BCUT2D eigenvalue weighted by Crippen LogP contribution is -2.45. The van der Waals surface area contributed by atoms with Crippen LogP contribution in [0, 0.1) is 10.1 Å². The predicted octanol–water partition coefficient (Wildman–Crippen LogP) is 2.34. The molecule has 1 fully saturated rings. The first-order valence-electron chi connectivity index (χ1n) is 10.9. The normalized spacial score (nSPS) is 19.0. The minimum absolute atomic E-state index is 0.0896. The number of ether oxygens (including phenoxy) is 2. The number of sulfonamides is 1. The molecule has 0 unspecified atom stereocenters. The SMILES string of the molecule is CCN1C[C@H](CN(C)c2ccc(S(=O)(=O)N3CCOCC3)cc2[N+](=O)[O-])Oc2ccccc21. The third kappa shape index (κ3) is 4.75. The van der Waals surface area contributed by atoms with E-state index in [0.717, 1.165) is 24.0 Å². The number of hydrogen-bond acceptors (Lipinski definition) is 8. The summed E-state index contributed by atoms with van der Waals surface area (Å²) in [5.74, 6) is 0.783. The van der Waals surface area contributed by atoms with E-state index in [9.17, 15) is 18.5 Å². The van der Waals surface area contributed by atoms with Crippen molar-refractivity contribution in [2.45, 2.75) is 17.9 Å². The Hall–Kier alpha value is -2.89. The minimum Gasteiger partial charge on any atom is -0.485 e. The fourth-order valence-corrected chi connectivity index (χ4v) is 5.67.